The van der Waals surface area contributed by atoms with Crippen molar-refractivity contribution in [1.29, 1.82) is 0 Å². The molecule has 9 nitrogen and oxygen atoms in total. The molecule has 3 atom stereocenters. The minimum Gasteiger partial charge on any atom is -0.436 e. The zero-order valence-electron chi connectivity index (χ0n) is 14.6. The van der Waals surface area contributed by atoms with Crippen LogP contribution in [0.1, 0.15) is 19.1 Å². The zero-order valence-corrected chi connectivity index (χ0v) is 15.5. The van der Waals surface area contributed by atoms with Crippen molar-refractivity contribution < 1.29 is 18.6 Å². The molecule has 1 aliphatic heterocycles. The molecule has 1 aliphatic rings. The Hall–Kier alpha value is -2.32. The third kappa shape index (κ3) is 5.58. The molecule has 144 valence electrons. The van der Waals surface area contributed by atoms with E-state index < -0.39 is 20.4 Å². The van der Waals surface area contributed by atoms with Crippen molar-refractivity contribution in [2.45, 2.75) is 25.2 Å². The number of hydrogen-bond acceptors (Lipinski definition) is 8. The molecule has 3 N–H and O–H groups in total. The van der Waals surface area contributed by atoms with Crippen molar-refractivity contribution in [3.05, 3.63) is 53.1 Å². The van der Waals surface area contributed by atoms with Gasteiger partial charge in [-0.15, -0.1) is 0 Å². The highest BCUT2D eigenvalue weighted by Gasteiger charge is 2.29. The van der Waals surface area contributed by atoms with Crippen molar-refractivity contribution in [3.8, 4) is 5.75 Å². The van der Waals surface area contributed by atoms with Crippen LogP contribution in [0.3, 0.4) is 0 Å². The first kappa shape index (κ1) is 19.4. The number of nitrogens with two attached hydrogens (primary N) is 1. The Kier molecular flexibility index (Phi) is 6.89. The average molecular weight is 392 g/mol. The molecular weight excluding hydrogens is 371 g/mol. The smallest absolute Gasteiger partial charge is 0.351 e. The van der Waals surface area contributed by atoms with Crippen LogP contribution >= 0.6 is 8.53 Å². The molecule has 0 bridgehead atoms. The lowest BCUT2D eigenvalue weighted by molar-refractivity contribution is -0.106. The molecule has 1 aromatic heterocycles. The Bertz CT molecular complexity index is 803. The van der Waals surface area contributed by atoms with Crippen molar-refractivity contribution in [2.75, 3.05) is 18.9 Å². The first-order valence-electron chi connectivity index (χ1n) is 8.49. The quantitative estimate of drug-likeness (QED) is 0.488. The van der Waals surface area contributed by atoms with E-state index in [0.29, 0.717) is 12.2 Å². The minimum atomic E-state index is -1.50. The molecule has 0 spiro atoms. The maximum Gasteiger partial charge on any atom is 0.351 e. The average Bonchev–Trinajstić information content (AvgIpc) is 3.13. The fraction of sp³-hybridized carbons (Fsp3) is 0.353. The van der Waals surface area contributed by atoms with Crippen LogP contribution in [0, 0.1) is 0 Å². The van der Waals surface area contributed by atoms with Crippen LogP contribution in [0.4, 0.5) is 5.82 Å². The predicted molar refractivity (Wildman–Crippen MR) is 100 cm³/mol. The van der Waals surface area contributed by atoms with Gasteiger partial charge in [0.2, 0.25) is 0 Å². The van der Waals surface area contributed by atoms with Gasteiger partial charge in [0, 0.05) is 6.20 Å². The summed E-state index contributed by atoms with van der Waals surface area (Å²) in [6.07, 6.45) is 3.12. The van der Waals surface area contributed by atoms with Gasteiger partial charge in [-0.1, -0.05) is 18.2 Å². The summed E-state index contributed by atoms with van der Waals surface area (Å²) in [6, 6.07) is 10.8. The van der Waals surface area contributed by atoms with E-state index >= 15 is 0 Å². The molecule has 1 fully saturated rings. The standard InChI is InChI=1S/C17H21N4O5P/c18-15-8-10-21(17(23)20-15)16-7-6-14(25-16)12-24-27(19-9-11-22)26-13-4-2-1-3-5-13/h1-5,8,10-11,14,16,19H,6-7,9,12H2,(H2,18,20,23). The van der Waals surface area contributed by atoms with Gasteiger partial charge in [0.1, 0.15) is 24.1 Å². The van der Waals surface area contributed by atoms with Gasteiger partial charge in [0.05, 0.1) is 19.3 Å². The second-order valence-corrected chi connectivity index (χ2v) is 7.09. The first-order chi connectivity index (χ1) is 13.2. The van der Waals surface area contributed by atoms with E-state index in [-0.39, 0.29) is 25.1 Å². The number of rotatable bonds is 9. The Morgan fingerprint density at radius 3 is 2.89 bits per heavy atom. The molecule has 3 unspecified atom stereocenters. The Labute approximate surface area is 157 Å². The maximum absolute atomic E-state index is 11.9. The van der Waals surface area contributed by atoms with Crippen LogP contribution in [-0.2, 0) is 14.1 Å². The van der Waals surface area contributed by atoms with Gasteiger partial charge in [0.15, 0.2) is 0 Å². The Morgan fingerprint density at radius 1 is 1.33 bits per heavy atom. The molecule has 1 saturated heterocycles. The van der Waals surface area contributed by atoms with Gasteiger partial charge in [-0.25, -0.2) is 9.88 Å². The van der Waals surface area contributed by atoms with Crippen LogP contribution in [-0.4, -0.2) is 35.1 Å². The summed E-state index contributed by atoms with van der Waals surface area (Å²) < 4.78 is 18.9. The molecule has 0 aliphatic carbocycles. The number of anilines is 1. The van der Waals surface area contributed by atoms with Gasteiger partial charge >= 0.3 is 14.2 Å². The topological polar surface area (TPSA) is 118 Å². The van der Waals surface area contributed by atoms with Crippen molar-refractivity contribution >= 4 is 20.6 Å². The normalized spacial score (nSPS) is 20.3. The van der Waals surface area contributed by atoms with Crippen LogP contribution < -0.4 is 21.0 Å². The number of hydrogen-bond donors (Lipinski definition) is 2. The highest BCUT2D eigenvalue weighted by Crippen LogP contribution is 2.37. The van der Waals surface area contributed by atoms with Crippen LogP contribution in [0.2, 0.25) is 0 Å². The Morgan fingerprint density at radius 2 is 2.15 bits per heavy atom. The van der Waals surface area contributed by atoms with E-state index in [9.17, 15) is 9.59 Å². The predicted octanol–water partition coefficient (Wildman–Crippen LogP) is 1.61. The lowest BCUT2D eigenvalue weighted by atomic mass is 10.2. The first-order valence-corrected chi connectivity index (χ1v) is 9.67. The number of ether oxygens (including phenoxy) is 1. The summed E-state index contributed by atoms with van der Waals surface area (Å²) in [5.41, 5.74) is 5.07. The lowest BCUT2D eigenvalue weighted by Crippen LogP contribution is -2.28. The molecule has 0 saturated carbocycles. The number of nitrogen functional groups attached to an aromatic ring is 1. The van der Waals surface area contributed by atoms with Crippen molar-refractivity contribution in [3.63, 3.8) is 0 Å². The summed E-state index contributed by atoms with van der Waals surface area (Å²) >= 11 is 0. The van der Waals surface area contributed by atoms with E-state index in [4.69, 9.17) is 19.5 Å². The van der Waals surface area contributed by atoms with Crippen LogP contribution in [0.25, 0.3) is 0 Å². The maximum atomic E-state index is 11.9. The number of carbonyl (C=O) groups excluding carboxylic acids is 1. The van der Waals surface area contributed by atoms with Crippen molar-refractivity contribution in [2.24, 2.45) is 0 Å². The second-order valence-electron chi connectivity index (χ2n) is 5.82. The molecule has 3 rings (SSSR count). The highest BCUT2D eigenvalue weighted by molar-refractivity contribution is 7.45. The van der Waals surface area contributed by atoms with Crippen LogP contribution in [0.15, 0.2) is 47.4 Å². The number of benzene rings is 1. The monoisotopic (exact) mass is 392 g/mol. The number of nitrogens with one attached hydrogen (secondary N) is 1. The number of carbonyl (C=O) groups is 1. The Balaban J connectivity index is 1.54. The number of nitrogens with zero attached hydrogens (tertiary/aromatic N) is 2. The molecule has 2 aromatic rings. The third-order valence-electron chi connectivity index (χ3n) is 3.86. The van der Waals surface area contributed by atoms with Gasteiger partial charge < -0.3 is 24.3 Å². The number of aromatic nitrogens is 2. The molecule has 2 heterocycles. The summed E-state index contributed by atoms with van der Waals surface area (Å²) in [6.45, 7) is 0.400. The second kappa shape index (κ2) is 9.57. The zero-order chi connectivity index (χ0) is 19.1. The van der Waals surface area contributed by atoms with Gasteiger partial charge in [-0.3, -0.25) is 4.57 Å². The van der Waals surface area contributed by atoms with E-state index in [1.54, 1.807) is 12.3 Å². The summed E-state index contributed by atoms with van der Waals surface area (Å²) in [5, 5.41) is 2.92. The minimum absolute atomic E-state index is 0.124. The molecule has 27 heavy (non-hydrogen) atoms. The number of para-hydroxylation sites is 1. The van der Waals surface area contributed by atoms with E-state index in [1.807, 2.05) is 30.3 Å². The lowest BCUT2D eigenvalue weighted by Gasteiger charge is -2.20. The van der Waals surface area contributed by atoms with E-state index in [1.165, 1.54) is 4.57 Å². The highest BCUT2D eigenvalue weighted by atomic mass is 31.2. The van der Waals surface area contributed by atoms with E-state index in [0.717, 1.165) is 12.7 Å². The molecule has 1 aromatic carbocycles. The fourth-order valence-corrected chi connectivity index (χ4v) is 3.65. The van der Waals surface area contributed by atoms with Gasteiger partial charge in [-0.2, -0.15) is 4.98 Å². The van der Waals surface area contributed by atoms with Gasteiger partial charge in [0.25, 0.3) is 0 Å². The third-order valence-corrected chi connectivity index (χ3v) is 5.06. The summed E-state index contributed by atoms with van der Waals surface area (Å²) in [4.78, 5) is 26.3. The summed E-state index contributed by atoms with van der Waals surface area (Å²) in [7, 11) is -1.50. The van der Waals surface area contributed by atoms with Crippen molar-refractivity contribution in [1.82, 2.24) is 14.6 Å². The van der Waals surface area contributed by atoms with Crippen LogP contribution in [0.5, 0.6) is 5.75 Å². The molecule has 10 heteroatoms. The molecular formula is C17H21N4O5P. The largest absolute Gasteiger partial charge is 0.436 e. The SMILES string of the molecule is Nc1ccn(C2CCC(COP(NCC=O)Oc3ccccc3)O2)c(=O)n1. The fourth-order valence-electron chi connectivity index (χ4n) is 2.60. The molecule has 0 radical (unpaired) electrons. The summed E-state index contributed by atoms with van der Waals surface area (Å²) in [5.74, 6) is 0.825. The van der Waals surface area contributed by atoms with Gasteiger partial charge in [-0.05, 0) is 31.0 Å². The number of aldehydes is 1. The molecule has 0 amide bonds. The van der Waals surface area contributed by atoms with E-state index in [2.05, 4.69) is 10.1 Å².